The second-order valence-electron chi connectivity index (χ2n) is 6.01. The summed E-state index contributed by atoms with van der Waals surface area (Å²) >= 11 is 0. The molecule has 1 saturated carbocycles. The minimum Gasteiger partial charge on any atom is -0.391 e. The summed E-state index contributed by atoms with van der Waals surface area (Å²) in [5.41, 5.74) is 2.53. The fraction of sp³-hybridized carbons (Fsp3) is 0.733. The molecule has 1 atom stereocenters. The molecule has 0 spiro atoms. The fourth-order valence-electron chi connectivity index (χ4n) is 3.01. The van der Waals surface area contributed by atoms with E-state index in [0.29, 0.717) is 12.5 Å². The Labute approximate surface area is 114 Å². The number of aliphatic hydroxyl groups excluding tert-OH is 1. The van der Waals surface area contributed by atoms with Crippen molar-refractivity contribution in [2.24, 2.45) is 5.92 Å². The van der Waals surface area contributed by atoms with E-state index in [1.807, 2.05) is 14.0 Å². The molecule has 4 nitrogen and oxygen atoms in total. The lowest BCUT2D eigenvalue weighted by molar-refractivity contribution is 0.158. The smallest absolute Gasteiger partial charge is 0.135 e. The highest BCUT2D eigenvalue weighted by Gasteiger charge is 2.31. The quantitative estimate of drug-likeness (QED) is 0.899. The SMILES string of the molecule is Cc1nc2c(c(N(C)CC(O)C3CC3)n1)CCCC2. The molecule has 0 aliphatic heterocycles. The first-order valence-electron chi connectivity index (χ1n) is 7.40. The van der Waals surface area contributed by atoms with Gasteiger partial charge in [0.15, 0.2) is 0 Å². The van der Waals surface area contributed by atoms with Gasteiger partial charge in [0.1, 0.15) is 11.6 Å². The minimum absolute atomic E-state index is 0.209. The van der Waals surface area contributed by atoms with Crippen molar-refractivity contribution in [3.05, 3.63) is 17.1 Å². The highest BCUT2D eigenvalue weighted by molar-refractivity contribution is 5.49. The van der Waals surface area contributed by atoms with Gasteiger partial charge in [-0.05, 0) is 51.4 Å². The number of hydrogen-bond acceptors (Lipinski definition) is 4. The third-order valence-corrected chi connectivity index (χ3v) is 4.26. The Morgan fingerprint density at radius 2 is 2.00 bits per heavy atom. The van der Waals surface area contributed by atoms with Gasteiger partial charge < -0.3 is 10.0 Å². The van der Waals surface area contributed by atoms with Crippen LogP contribution in [0.15, 0.2) is 0 Å². The number of aryl methyl sites for hydroxylation is 2. The summed E-state index contributed by atoms with van der Waals surface area (Å²) < 4.78 is 0. The number of rotatable bonds is 4. The molecule has 0 aromatic carbocycles. The van der Waals surface area contributed by atoms with Crippen LogP contribution in [0.25, 0.3) is 0 Å². The molecular weight excluding hydrogens is 238 g/mol. The van der Waals surface area contributed by atoms with Gasteiger partial charge in [0.05, 0.1) is 6.10 Å². The molecule has 0 amide bonds. The minimum atomic E-state index is -0.209. The summed E-state index contributed by atoms with van der Waals surface area (Å²) in [6.07, 6.45) is 6.76. The number of aromatic nitrogens is 2. The first-order valence-corrected chi connectivity index (χ1v) is 7.40. The van der Waals surface area contributed by atoms with E-state index in [4.69, 9.17) is 0 Å². The lowest BCUT2D eigenvalue weighted by atomic mass is 9.96. The second kappa shape index (κ2) is 5.08. The summed E-state index contributed by atoms with van der Waals surface area (Å²) in [6, 6.07) is 0. The Hall–Kier alpha value is -1.16. The zero-order chi connectivity index (χ0) is 13.4. The van der Waals surface area contributed by atoms with Crippen molar-refractivity contribution in [1.82, 2.24) is 9.97 Å². The number of aliphatic hydroxyl groups is 1. The van der Waals surface area contributed by atoms with Crippen LogP contribution in [0, 0.1) is 12.8 Å². The molecule has 4 heteroatoms. The Balaban J connectivity index is 1.83. The van der Waals surface area contributed by atoms with E-state index in [-0.39, 0.29) is 6.10 Å². The average Bonchev–Trinajstić information content (AvgIpc) is 3.21. The Morgan fingerprint density at radius 1 is 1.26 bits per heavy atom. The molecule has 1 heterocycles. The largest absolute Gasteiger partial charge is 0.391 e. The summed E-state index contributed by atoms with van der Waals surface area (Å²) in [4.78, 5) is 11.3. The van der Waals surface area contributed by atoms with Crippen LogP contribution in [0.4, 0.5) is 5.82 Å². The van der Waals surface area contributed by atoms with E-state index >= 15 is 0 Å². The standard InChI is InChI=1S/C15H23N3O/c1-10-16-13-6-4-3-5-12(13)15(17-10)18(2)9-14(19)11-7-8-11/h11,14,19H,3-9H2,1-2H3. The van der Waals surface area contributed by atoms with Crippen LogP contribution >= 0.6 is 0 Å². The maximum atomic E-state index is 10.1. The van der Waals surface area contributed by atoms with Crippen LogP contribution in [0.2, 0.25) is 0 Å². The van der Waals surface area contributed by atoms with E-state index in [1.54, 1.807) is 0 Å². The molecule has 1 unspecified atom stereocenters. The van der Waals surface area contributed by atoms with Crippen molar-refractivity contribution in [3.63, 3.8) is 0 Å². The monoisotopic (exact) mass is 261 g/mol. The van der Waals surface area contributed by atoms with Gasteiger partial charge in [0.25, 0.3) is 0 Å². The lowest BCUT2D eigenvalue weighted by Crippen LogP contribution is -2.32. The van der Waals surface area contributed by atoms with E-state index in [0.717, 1.165) is 24.5 Å². The number of hydrogen-bond donors (Lipinski definition) is 1. The summed E-state index contributed by atoms with van der Waals surface area (Å²) in [5, 5.41) is 10.1. The van der Waals surface area contributed by atoms with Crippen molar-refractivity contribution in [2.45, 2.75) is 51.6 Å². The van der Waals surface area contributed by atoms with Crippen molar-refractivity contribution in [1.29, 1.82) is 0 Å². The summed E-state index contributed by atoms with van der Waals surface area (Å²) in [6.45, 7) is 2.65. The Morgan fingerprint density at radius 3 is 2.74 bits per heavy atom. The molecule has 2 aliphatic carbocycles. The molecule has 3 rings (SSSR count). The number of likely N-dealkylation sites (N-methyl/N-ethyl adjacent to an activating group) is 1. The fourth-order valence-corrected chi connectivity index (χ4v) is 3.01. The van der Waals surface area contributed by atoms with Crippen LogP contribution in [-0.4, -0.2) is 34.8 Å². The van der Waals surface area contributed by atoms with Gasteiger partial charge in [0.2, 0.25) is 0 Å². The zero-order valence-corrected chi connectivity index (χ0v) is 11.9. The molecule has 1 aromatic rings. The Kier molecular flexibility index (Phi) is 3.44. The van der Waals surface area contributed by atoms with Crippen LogP contribution in [0.1, 0.15) is 42.8 Å². The molecule has 0 saturated heterocycles. The second-order valence-corrected chi connectivity index (χ2v) is 6.01. The highest BCUT2D eigenvalue weighted by Crippen LogP contribution is 2.34. The number of anilines is 1. The van der Waals surface area contributed by atoms with Gasteiger partial charge in [-0.2, -0.15) is 0 Å². The maximum Gasteiger partial charge on any atom is 0.135 e. The molecule has 0 bridgehead atoms. The molecule has 1 N–H and O–H groups in total. The number of nitrogens with zero attached hydrogens (tertiary/aromatic N) is 3. The molecule has 104 valence electrons. The van der Waals surface area contributed by atoms with Gasteiger partial charge in [0, 0.05) is 24.8 Å². The first-order chi connectivity index (χ1) is 9.15. The maximum absolute atomic E-state index is 10.1. The van der Waals surface area contributed by atoms with Crippen LogP contribution in [-0.2, 0) is 12.8 Å². The van der Waals surface area contributed by atoms with Gasteiger partial charge in [-0.25, -0.2) is 9.97 Å². The van der Waals surface area contributed by atoms with E-state index < -0.39 is 0 Å². The molecule has 1 fully saturated rings. The van der Waals surface area contributed by atoms with E-state index in [9.17, 15) is 5.11 Å². The molecule has 19 heavy (non-hydrogen) atoms. The lowest BCUT2D eigenvalue weighted by Gasteiger charge is -2.27. The third kappa shape index (κ3) is 2.73. The van der Waals surface area contributed by atoms with Gasteiger partial charge in [-0.1, -0.05) is 0 Å². The average molecular weight is 261 g/mol. The van der Waals surface area contributed by atoms with Crippen molar-refractivity contribution in [2.75, 3.05) is 18.5 Å². The zero-order valence-electron chi connectivity index (χ0n) is 11.9. The van der Waals surface area contributed by atoms with E-state index in [2.05, 4.69) is 14.9 Å². The summed E-state index contributed by atoms with van der Waals surface area (Å²) in [5.74, 6) is 2.41. The predicted molar refractivity (Wildman–Crippen MR) is 75.4 cm³/mol. The van der Waals surface area contributed by atoms with Gasteiger partial charge in [-0.15, -0.1) is 0 Å². The van der Waals surface area contributed by atoms with Crippen LogP contribution < -0.4 is 4.90 Å². The Bertz CT molecular complexity index is 471. The molecule has 2 aliphatic rings. The van der Waals surface area contributed by atoms with Gasteiger partial charge in [-0.3, -0.25) is 0 Å². The van der Waals surface area contributed by atoms with E-state index in [1.165, 1.54) is 36.9 Å². The van der Waals surface area contributed by atoms with Gasteiger partial charge >= 0.3 is 0 Å². The highest BCUT2D eigenvalue weighted by atomic mass is 16.3. The number of fused-ring (bicyclic) bond motifs is 1. The summed E-state index contributed by atoms with van der Waals surface area (Å²) in [7, 11) is 2.04. The first kappa shape index (κ1) is 12.9. The topological polar surface area (TPSA) is 49.2 Å². The predicted octanol–water partition coefficient (Wildman–Crippen LogP) is 1.87. The van der Waals surface area contributed by atoms with Crippen LogP contribution in [0.3, 0.4) is 0 Å². The van der Waals surface area contributed by atoms with Crippen LogP contribution in [0.5, 0.6) is 0 Å². The third-order valence-electron chi connectivity index (χ3n) is 4.26. The van der Waals surface area contributed by atoms with Crippen molar-refractivity contribution < 1.29 is 5.11 Å². The molecule has 1 aromatic heterocycles. The molecule has 0 radical (unpaired) electrons. The molecular formula is C15H23N3O. The van der Waals surface area contributed by atoms with Crippen molar-refractivity contribution >= 4 is 5.82 Å². The normalized spacial score (nSPS) is 19.9. The van der Waals surface area contributed by atoms with Crippen molar-refractivity contribution in [3.8, 4) is 0 Å².